The van der Waals surface area contributed by atoms with Crippen molar-refractivity contribution in [3.05, 3.63) is 29.3 Å². The number of rotatable bonds is 1. The molecular weight excluding hydrogens is 196 g/mol. The van der Waals surface area contributed by atoms with Gasteiger partial charge in [0.25, 0.3) is 0 Å². The number of carboxylic acids is 1. The Hall–Kier alpha value is -1.84. The molecule has 0 unspecified atom stereocenters. The zero-order chi connectivity index (χ0) is 11.0. The molecule has 0 fully saturated rings. The SMILES string of the molecule is Cc1ccc2c(c1)O[C@H](C(=O)O)CC2=O. The number of hydrogen-bond acceptors (Lipinski definition) is 3. The minimum Gasteiger partial charge on any atom is -0.478 e. The molecule has 0 bridgehead atoms. The van der Waals surface area contributed by atoms with E-state index in [1.165, 1.54) is 0 Å². The Morgan fingerprint density at radius 1 is 1.53 bits per heavy atom. The van der Waals surface area contributed by atoms with Crippen LogP contribution in [0.15, 0.2) is 18.2 Å². The second-order valence-corrected chi connectivity index (χ2v) is 3.57. The van der Waals surface area contributed by atoms with Crippen LogP contribution < -0.4 is 4.74 Å². The molecule has 1 aliphatic rings. The normalized spacial score (nSPS) is 19.3. The van der Waals surface area contributed by atoms with Crippen LogP contribution in [0.4, 0.5) is 0 Å². The number of fused-ring (bicyclic) bond motifs is 1. The number of Topliss-reactive ketones (excluding diaryl/α,β-unsaturated/α-hetero) is 1. The van der Waals surface area contributed by atoms with Gasteiger partial charge in [-0.2, -0.15) is 0 Å². The zero-order valence-corrected chi connectivity index (χ0v) is 8.19. The fourth-order valence-corrected chi connectivity index (χ4v) is 1.57. The second kappa shape index (κ2) is 3.38. The minimum atomic E-state index is -1.10. The lowest BCUT2D eigenvalue weighted by Gasteiger charge is -2.22. The van der Waals surface area contributed by atoms with Crippen molar-refractivity contribution in [2.75, 3.05) is 0 Å². The van der Waals surface area contributed by atoms with E-state index in [1.54, 1.807) is 18.2 Å². The van der Waals surface area contributed by atoms with Gasteiger partial charge in [0.2, 0.25) is 6.10 Å². The van der Waals surface area contributed by atoms with Gasteiger partial charge in [-0.1, -0.05) is 6.07 Å². The van der Waals surface area contributed by atoms with Gasteiger partial charge in [0.05, 0.1) is 12.0 Å². The van der Waals surface area contributed by atoms with E-state index in [0.717, 1.165) is 5.56 Å². The van der Waals surface area contributed by atoms with Crippen molar-refractivity contribution in [1.29, 1.82) is 0 Å². The van der Waals surface area contributed by atoms with Crippen LogP contribution in [0.3, 0.4) is 0 Å². The van der Waals surface area contributed by atoms with E-state index in [-0.39, 0.29) is 12.2 Å². The molecule has 1 aliphatic heterocycles. The first-order valence-corrected chi connectivity index (χ1v) is 4.61. The Bertz CT molecular complexity index is 436. The summed E-state index contributed by atoms with van der Waals surface area (Å²) in [5.74, 6) is -0.905. The summed E-state index contributed by atoms with van der Waals surface area (Å²) in [6.07, 6.45) is -1.14. The van der Waals surface area contributed by atoms with Crippen molar-refractivity contribution in [2.24, 2.45) is 0 Å². The standard InChI is InChI=1S/C11H10O4/c1-6-2-3-7-8(12)5-10(11(13)14)15-9(7)4-6/h2-4,10H,5H2,1H3,(H,13,14)/t10-/m0/s1. The molecule has 0 radical (unpaired) electrons. The quantitative estimate of drug-likeness (QED) is 0.754. The van der Waals surface area contributed by atoms with Gasteiger partial charge in [0, 0.05) is 0 Å². The summed E-state index contributed by atoms with van der Waals surface area (Å²) < 4.78 is 5.22. The Labute approximate surface area is 86.5 Å². The van der Waals surface area contributed by atoms with Gasteiger partial charge in [-0.05, 0) is 24.6 Å². The molecule has 0 aliphatic carbocycles. The molecule has 0 spiro atoms. The summed E-state index contributed by atoms with van der Waals surface area (Å²) in [4.78, 5) is 22.3. The lowest BCUT2D eigenvalue weighted by molar-refractivity contribution is -0.145. The molecule has 0 saturated heterocycles. The van der Waals surface area contributed by atoms with Crippen molar-refractivity contribution < 1.29 is 19.4 Å². The number of hydrogen-bond donors (Lipinski definition) is 1. The molecule has 1 aromatic rings. The summed E-state index contributed by atoms with van der Waals surface area (Å²) in [5.41, 5.74) is 1.41. The van der Waals surface area contributed by atoms with Crippen molar-refractivity contribution in [3.8, 4) is 5.75 Å². The van der Waals surface area contributed by atoms with Gasteiger partial charge in [0.1, 0.15) is 5.75 Å². The number of carbonyl (C=O) groups excluding carboxylic acids is 1. The first-order valence-electron chi connectivity index (χ1n) is 4.61. The van der Waals surface area contributed by atoms with Gasteiger partial charge in [-0.25, -0.2) is 4.79 Å². The molecule has 78 valence electrons. The maximum absolute atomic E-state index is 11.6. The molecule has 0 aromatic heterocycles. The summed E-state index contributed by atoms with van der Waals surface area (Å²) in [6.45, 7) is 1.86. The Morgan fingerprint density at radius 2 is 2.27 bits per heavy atom. The van der Waals surface area contributed by atoms with E-state index in [4.69, 9.17) is 9.84 Å². The number of benzene rings is 1. The third-order valence-electron chi connectivity index (χ3n) is 2.35. The largest absolute Gasteiger partial charge is 0.478 e. The molecule has 4 nitrogen and oxygen atoms in total. The highest BCUT2D eigenvalue weighted by Gasteiger charge is 2.30. The number of carbonyl (C=O) groups is 2. The number of ether oxygens (including phenoxy) is 1. The Kier molecular flexibility index (Phi) is 2.19. The van der Waals surface area contributed by atoms with Crippen molar-refractivity contribution >= 4 is 11.8 Å². The van der Waals surface area contributed by atoms with Crippen molar-refractivity contribution in [2.45, 2.75) is 19.4 Å². The van der Waals surface area contributed by atoms with E-state index >= 15 is 0 Å². The highest BCUT2D eigenvalue weighted by Crippen LogP contribution is 2.28. The van der Waals surface area contributed by atoms with Crippen LogP contribution >= 0.6 is 0 Å². The molecule has 15 heavy (non-hydrogen) atoms. The topological polar surface area (TPSA) is 63.6 Å². The molecule has 0 amide bonds. The molecule has 4 heteroatoms. The first-order chi connectivity index (χ1) is 7.08. The fourth-order valence-electron chi connectivity index (χ4n) is 1.57. The average Bonchev–Trinajstić information content (AvgIpc) is 2.16. The fraction of sp³-hybridized carbons (Fsp3) is 0.273. The molecule has 1 N–H and O–H groups in total. The van der Waals surface area contributed by atoms with Crippen LogP contribution in [0.5, 0.6) is 5.75 Å². The Morgan fingerprint density at radius 3 is 2.93 bits per heavy atom. The number of carboxylic acid groups (broad SMARTS) is 1. The van der Waals surface area contributed by atoms with Gasteiger partial charge in [-0.15, -0.1) is 0 Å². The van der Waals surface area contributed by atoms with Gasteiger partial charge in [0.15, 0.2) is 5.78 Å². The lowest BCUT2D eigenvalue weighted by Crippen LogP contribution is -2.33. The highest BCUT2D eigenvalue weighted by molar-refractivity contribution is 6.02. The lowest BCUT2D eigenvalue weighted by atomic mass is 9.99. The Balaban J connectivity index is 2.41. The van der Waals surface area contributed by atoms with E-state index in [9.17, 15) is 9.59 Å². The highest BCUT2D eigenvalue weighted by atomic mass is 16.5. The third kappa shape index (κ3) is 1.70. The van der Waals surface area contributed by atoms with E-state index < -0.39 is 12.1 Å². The van der Waals surface area contributed by atoms with Crippen LogP contribution in [0, 0.1) is 6.92 Å². The summed E-state index contributed by atoms with van der Waals surface area (Å²) >= 11 is 0. The van der Waals surface area contributed by atoms with Crippen LogP contribution in [-0.4, -0.2) is 23.0 Å². The number of ketones is 1. The zero-order valence-electron chi connectivity index (χ0n) is 8.19. The molecule has 1 atom stereocenters. The van der Waals surface area contributed by atoms with Crippen LogP contribution in [0.1, 0.15) is 22.3 Å². The molecule has 1 heterocycles. The average molecular weight is 206 g/mol. The molecular formula is C11H10O4. The van der Waals surface area contributed by atoms with Gasteiger partial charge < -0.3 is 9.84 Å². The summed E-state index contributed by atoms with van der Waals surface area (Å²) in [7, 11) is 0. The van der Waals surface area contributed by atoms with Crippen LogP contribution in [0.25, 0.3) is 0 Å². The summed E-state index contributed by atoms with van der Waals surface area (Å²) in [5, 5.41) is 8.77. The first kappa shape index (κ1) is 9.71. The molecule has 0 saturated carbocycles. The van der Waals surface area contributed by atoms with E-state index in [1.807, 2.05) is 6.92 Å². The van der Waals surface area contributed by atoms with Crippen molar-refractivity contribution in [1.82, 2.24) is 0 Å². The number of aliphatic carboxylic acids is 1. The second-order valence-electron chi connectivity index (χ2n) is 3.57. The summed E-state index contributed by atoms with van der Waals surface area (Å²) in [6, 6.07) is 5.16. The molecule has 2 rings (SSSR count). The minimum absolute atomic E-state index is 0.0919. The molecule has 1 aromatic carbocycles. The number of aryl methyl sites for hydroxylation is 1. The van der Waals surface area contributed by atoms with Crippen LogP contribution in [-0.2, 0) is 4.79 Å². The monoisotopic (exact) mass is 206 g/mol. The van der Waals surface area contributed by atoms with Gasteiger partial charge in [-0.3, -0.25) is 4.79 Å². The van der Waals surface area contributed by atoms with E-state index in [2.05, 4.69) is 0 Å². The maximum Gasteiger partial charge on any atom is 0.345 e. The van der Waals surface area contributed by atoms with Gasteiger partial charge >= 0.3 is 5.97 Å². The third-order valence-corrected chi connectivity index (χ3v) is 2.35. The maximum atomic E-state index is 11.6. The smallest absolute Gasteiger partial charge is 0.345 e. The predicted molar refractivity (Wildman–Crippen MR) is 52.2 cm³/mol. The van der Waals surface area contributed by atoms with E-state index in [0.29, 0.717) is 11.3 Å². The van der Waals surface area contributed by atoms with Crippen molar-refractivity contribution in [3.63, 3.8) is 0 Å². The van der Waals surface area contributed by atoms with Crippen LogP contribution in [0.2, 0.25) is 0 Å². The predicted octanol–water partition coefficient (Wildman–Crippen LogP) is 1.41.